The number of hydrogen-bond donors (Lipinski definition) is 0. The van der Waals surface area contributed by atoms with Crippen LogP contribution in [0.25, 0.3) is 0 Å². The third-order valence-electron chi connectivity index (χ3n) is 3.76. The Kier molecular flexibility index (Phi) is 7.98. The molecular formula is C21H29NO4P2. The molecule has 28 heavy (non-hydrogen) atoms. The summed E-state index contributed by atoms with van der Waals surface area (Å²) in [4.78, 5) is 0. The summed E-state index contributed by atoms with van der Waals surface area (Å²) in [7, 11) is -1.37. The van der Waals surface area contributed by atoms with Crippen LogP contribution < -0.4 is 9.05 Å². The van der Waals surface area contributed by atoms with Gasteiger partial charge >= 0.3 is 7.82 Å². The Balaban J connectivity index is 2.21. The van der Waals surface area contributed by atoms with Crippen LogP contribution in [0.1, 0.15) is 34.1 Å². The zero-order chi connectivity index (χ0) is 20.6. The van der Waals surface area contributed by atoms with Gasteiger partial charge < -0.3 is 18.2 Å². The third kappa shape index (κ3) is 7.58. The first-order chi connectivity index (χ1) is 13.2. The van der Waals surface area contributed by atoms with E-state index in [9.17, 15) is 4.57 Å². The van der Waals surface area contributed by atoms with Crippen LogP contribution in [0.4, 0.5) is 0 Å². The second-order valence-electron chi connectivity index (χ2n) is 7.48. The lowest BCUT2D eigenvalue weighted by atomic mass is 9.92. The molecule has 0 heterocycles. The van der Waals surface area contributed by atoms with Gasteiger partial charge in [-0.05, 0) is 58.5 Å². The average Bonchev–Trinajstić information content (AvgIpc) is 2.65. The maximum atomic E-state index is 13.5. The maximum absolute atomic E-state index is 13.5. The van der Waals surface area contributed by atoms with Crippen molar-refractivity contribution < 1.29 is 18.1 Å². The van der Waals surface area contributed by atoms with E-state index >= 15 is 0 Å². The molecule has 0 saturated carbocycles. The van der Waals surface area contributed by atoms with Crippen LogP contribution in [0.2, 0.25) is 0 Å². The number of rotatable bonds is 9. The summed E-state index contributed by atoms with van der Waals surface area (Å²) < 4.78 is 32.5. The van der Waals surface area contributed by atoms with E-state index in [1.165, 1.54) is 0 Å². The first-order valence-corrected chi connectivity index (χ1v) is 11.2. The van der Waals surface area contributed by atoms with Crippen molar-refractivity contribution in [2.24, 2.45) is 5.41 Å². The number of nitrogens with zero attached hydrogens (tertiary/aromatic N) is 1. The molecule has 1 unspecified atom stereocenters. The molecule has 0 amide bonds. The number of allylic oxidation sites excluding steroid dienone is 1. The topological polar surface area (TPSA) is 48.0 Å². The van der Waals surface area contributed by atoms with E-state index in [4.69, 9.17) is 13.6 Å². The summed E-state index contributed by atoms with van der Waals surface area (Å²) in [5.74, 6) is 1.22. The monoisotopic (exact) mass is 421 g/mol. The zero-order valence-corrected chi connectivity index (χ0v) is 18.9. The minimum absolute atomic E-state index is 0.165. The van der Waals surface area contributed by atoms with Gasteiger partial charge in [0.25, 0.3) is 0 Å². The molecule has 2 aromatic rings. The van der Waals surface area contributed by atoms with E-state index < -0.39 is 7.82 Å². The van der Waals surface area contributed by atoms with Crippen LogP contribution in [0.5, 0.6) is 11.5 Å². The zero-order valence-electron chi connectivity index (χ0n) is 16.9. The number of benzene rings is 2. The molecule has 0 spiro atoms. The third-order valence-corrected chi connectivity index (χ3v) is 5.55. The van der Waals surface area contributed by atoms with Crippen LogP contribution >= 0.6 is 17.2 Å². The average molecular weight is 421 g/mol. The molecule has 7 heteroatoms. The molecule has 0 bridgehead atoms. The fraction of sp³-hybridized carbons (Fsp3) is 0.333. The van der Waals surface area contributed by atoms with Gasteiger partial charge in [0.2, 0.25) is 5.88 Å². The van der Waals surface area contributed by atoms with Gasteiger partial charge in [0.15, 0.2) is 0 Å². The molecule has 0 aliphatic carbocycles. The predicted molar refractivity (Wildman–Crippen MR) is 117 cm³/mol. The van der Waals surface area contributed by atoms with Gasteiger partial charge in [-0.1, -0.05) is 57.2 Å². The van der Waals surface area contributed by atoms with Gasteiger partial charge in [-0.25, -0.2) is 0 Å². The fourth-order valence-electron chi connectivity index (χ4n) is 2.23. The molecule has 0 aliphatic heterocycles. The Morgan fingerprint density at radius 3 is 1.86 bits per heavy atom. The number of para-hydroxylation sites is 2. The van der Waals surface area contributed by atoms with Gasteiger partial charge in [-0.15, -0.1) is 0 Å². The Hall–Kier alpha value is -1.96. The predicted octanol–water partition coefficient (Wildman–Crippen LogP) is 6.66. The Labute approximate surface area is 170 Å². The van der Waals surface area contributed by atoms with Gasteiger partial charge in [-0.2, -0.15) is 4.57 Å². The summed E-state index contributed by atoms with van der Waals surface area (Å²) in [5.41, 5.74) is 0.165. The molecule has 0 N–H and O–H groups in total. The number of phosphoric acid groups is 1. The van der Waals surface area contributed by atoms with Gasteiger partial charge in [-0.3, -0.25) is 0 Å². The lowest BCUT2D eigenvalue weighted by Gasteiger charge is -2.28. The van der Waals surface area contributed by atoms with Crippen molar-refractivity contribution in [1.82, 2.24) is 4.67 Å². The van der Waals surface area contributed by atoms with Crippen LogP contribution in [-0.4, -0.2) is 11.2 Å². The highest BCUT2D eigenvalue weighted by Crippen LogP contribution is 2.52. The lowest BCUT2D eigenvalue weighted by molar-refractivity contribution is 0.211. The van der Waals surface area contributed by atoms with Crippen LogP contribution in [0, 0.1) is 5.41 Å². The van der Waals surface area contributed by atoms with E-state index in [0.717, 1.165) is 6.42 Å². The maximum Gasteiger partial charge on any atom is 0.648 e. The van der Waals surface area contributed by atoms with Crippen molar-refractivity contribution in [3.63, 3.8) is 0 Å². The van der Waals surface area contributed by atoms with Crippen molar-refractivity contribution >= 4 is 17.2 Å². The smallest absolute Gasteiger partial charge is 0.386 e. The highest BCUT2D eigenvalue weighted by molar-refractivity contribution is 7.49. The first kappa shape index (κ1) is 22.3. The quantitative estimate of drug-likeness (QED) is 0.335. The van der Waals surface area contributed by atoms with Crippen molar-refractivity contribution in [1.29, 1.82) is 0 Å². The highest BCUT2D eigenvalue weighted by Gasteiger charge is 2.35. The molecule has 0 saturated heterocycles. The molecule has 0 aliphatic rings. The summed E-state index contributed by atoms with van der Waals surface area (Å²) in [6.07, 6.45) is 2.67. The van der Waals surface area contributed by atoms with E-state index in [0.29, 0.717) is 23.9 Å². The molecule has 2 aromatic carbocycles. The number of hydrogen-bond acceptors (Lipinski definition) is 5. The summed E-state index contributed by atoms with van der Waals surface area (Å²) in [6, 6.07) is 17.7. The first-order valence-electron chi connectivity index (χ1n) is 9.18. The standard InChI is InChI=1S/C21H29NO4P2/c1-5-20(22(27)17-16-21(2,3)4)26-28(23,24-18-12-8-6-9-13-18)25-19-14-10-7-11-15-19/h5-15H,16-17,27H2,1-4H3/b20-5+. The second-order valence-corrected chi connectivity index (χ2v) is 9.54. The molecule has 0 fully saturated rings. The highest BCUT2D eigenvalue weighted by atomic mass is 31.2. The Bertz CT molecular complexity index is 759. The molecule has 2 rings (SSSR count). The van der Waals surface area contributed by atoms with Gasteiger partial charge in [0, 0.05) is 6.54 Å². The van der Waals surface area contributed by atoms with Crippen molar-refractivity contribution in [3.8, 4) is 11.5 Å². The molecule has 5 nitrogen and oxygen atoms in total. The number of phosphoric ester groups is 1. The lowest BCUT2D eigenvalue weighted by Crippen LogP contribution is -2.20. The largest absolute Gasteiger partial charge is 0.648 e. The molecule has 0 aromatic heterocycles. The van der Waals surface area contributed by atoms with Crippen LogP contribution in [0.3, 0.4) is 0 Å². The molecular weight excluding hydrogens is 392 g/mol. The molecule has 1 atom stereocenters. The summed E-state index contributed by atoms with van der Waals surface area (Å²) in [6.45, 7) is 9.04. The van der Waals surface area contributed by atoms with Crippen LogP contribution in [0.15, 0.2) is 72.6 Å². The molecule has 0 radical (unpaired) electrons. The Morgan fingerprint density at radius 1 is 1.00 bits per heavy atom. The van der Waals surface area contributed by atoms with E-state index in [-0.39, 0.29) is 5.41 Å². The van der Waals surface area contributed by atoms with Crippen molar-refractivity contribution in [3.05, 3.63) is 72.6 Å². The summed E-state index contributed by atoms with van der Waals surface area (Å²) >= 11 is 0. The van der Waals surface area contributed by atoms with Gasteiger partial charge in [0.1, 0.15) is 11.5 Å². The fourth-order valence-corrected chi connectivity index (χ4v) is 3.96. The van der Waals surface area contributed by atoms with E-state index in [2.05, 4.69) is 30.2 Å². The van der Waals surface area contributed by atoms with Gasteiger partial charge in [0.05, 0.1) is 0 Å². The van der Waals surface area contributed by atoms with Crippen molar-refractivity contribution in [2.75, 3.05) is 6.54 Å². The molecule has 152 valence electrons. The summed E-state index contributed by atoms with van der Waals surface area (Å²) in [5, 5.41) is 0. The van der Waals surface area contributed by atoms with E-state index in [1.54, 1.807) is 54.6 Å². The minimum Gasteiger partial charge on any atom is -0.386 e. The van der Waals surface area contributed by atoms with Crippen molar-refractivity contribution in [2.45, 2.75) is 34.1 Å². The SMILES string of the molecule is C/C=C(/OP(=O)(Oc1ccccc1)Oc1ccccc1)N(P)CCC(C)(C)C. The Morgan fingerprint density at radius 2 is 1.46 bits per heavy atom. The van der Waals surface area contributed by atoms with E-state index in [1.807, 2.05) is 23.7 Å². The minimum atomic E-state index is -3.98. The van der Waals surface area contributed by atoms with Crippen LogP contribution in [-0.2, 0) is 9.09 Å². The second kappa shape index (κ2) is 10.0. The normalized spacial score (nSPS) is 12.4.